The molecular formula is C21H22N2. The lowest BCUT2D eigenvalue weighted by molar-refractivity contribution is 0.545. The Kier molecular flexibility index (Phi) is 3.45. The molecule has 0 radical (unpaired) electrons. The van der Waals surface area contributed by atoms with Gasteiger partial charge in [-0.3, -0.25) is 0 Å². The van der Waals surface area contributed by atoms with E-state index in [9.17, 15) is 0 Å². The Morgan fingerprint density at radius 2 is 1.22 bits per heavy atom. The molecule has 0 aliphatic carbocycles. The number of nitrogens with one attached hydrogen (secondary N) is 2. The second-order valence-corrected chi connectivity index (χ2v) is 6.76. The first kappa shape index (κ1) is 14.1. The van der Waals surface area contributed by atoms with Gasteiger partial charge in [0.25, 0.3) is 0 Å². The molecule has 0 atom stereocenters. The van der Waals surface area contributed by atoms with Crippen LogP contribution in [0.3, 0.4) is 0 Å². The van der Waals surface area contributed by atoms with Crippen molar-refractivity contribution < 1.29 is 0 Å². The first-order valence-corrected chi connectivity index (χ1v) is 8.36. The van der Waals surface area contributed by atoms with Crippen LogP contribution in [-0.4, -0.2) is 9.97 Å². The molecule has 0 bridgehead atoms. The topological polar surface area (TPSA) is 31.6 Å². The predicted molar refractivity (Wildman–Crippen MR) is 97.9 cm³/mol. The van der Waals surface area contributed by atoms with E-state index < -0.39 is 0 Å². The molecule has 116 valence electrons. The Hall–Kier alpha value is -2.48. The molecule has 0 amide bonds. The number of rotatable bonds is 4. The maximum Gasteiger partial charge on any atom is 0.0457 e. The lowest BCUT2D eigenvalue weighted by Crippen LogP contribution is -2.04. The van der Waals surface area contributed by atoms with Gasteiger partial charge in [0.2, 0.25) is 0 Å². The Morgan fingerprint density at radius 3 is 1.70 bits per heavy atom. The summed E-state index contributed by atoms with van der Waals surface area (Å²) in [7, 11) is 0. The van der Waals surface area contributed by atoms with Crippen LogP contribution in [0.2, 0.25) is 0 Å². The van der Waals surface area contributed by atoms with Crippen LogP contribution < -0.4 is 0 Å². The van der Waals surface area contributed by atoms with Crippen molar-refractivity contribution in [3.05, 3.63) is 72.1 Å². The maximum absolute atomic E-state index is 3.44. The first-order chi connectivity index (χ1) is 11.2. The van der Waals surface area contributed by atoms with Gasteiger partial charge in [-0.05, 0) is 35.6 Å². The molecule has 2 aromatic carbocycles. The molecule has 0 saturated heterocycles. The summed E-state index contributed by atoms with van der Waals surface area (Å²) >= 11 is 0. The summed E-state index contributed by atoms with van der Waals surface area (Å²) in [5.74, 6) is 1.05. The number of hydrogen-bond donors (Lipinski definition) is 2. The van der Waals surface area contributed by atoms with Crippen LogP contribution in [0.4, 0.5) is 0 Å². The van der Waals surface area contributed by atoms with Crippen LogP contribution in [0.5, 0.6) is 0 Å². The zero-order valence-electron chi connectivity index (χ0n) is 13.6. The molecule has 0 saturated carbocycles. The number of benzene rings is 2. The van der Waals surface area contributed by atoms with Crippen LogP contribution in [0.1, 0.15) is 37.3 Å². The minimum atomic E-state index is 0.405. The van der Waals surface area contributed by atoms with Crippen molar-refractivity contribution in [3.8, 4) is 0 Å². The van der Waals surface area contributed by atoms with E-state index in [1.165, 1.54) is 32.9 Å². The van der Waals surface area contributed by atoms with Crippen molar-refractivity contribution in [1.29, 1.82) is 0 Å². The molecule has 2 nitrogen and oxygen atoms in total. The quantitative estimate of drug-likeness (QED) is 0.475. The monoisotopic (exact) mass is 302 g/mol. The highest BCUT2D eigenvalue weighted by Gasteiger charge is 2.21. The minimum Gasteiger partial charge on any atom is -0.361 e. The highest BCUT2D eigenvalue weighted by atomic mass is 14.7. The SMILES string of the molecule is CC(C)CC(c1c[nH]c2ccccc12)c1c[nH]c2ccccc12. The second kappa shape index (κ2) is 5.62. The standard InChI is InChI=1S/C21H22N2/c1-14(2)11-17(18-12-22-20-9-5-3-7-15(18)20)19-13-23-21-10-6-4-8-16(19)21/h3-10,12-14,17,22-23H,11H2,1-2H3. The molecule has 2 heteroatoms. The van der Waals surface area contributed by atoms with Crippen molar-refractivity contribution in [2.75, 3.05) is 0 Å². The van der Waals surface area contributed by atoms with E-state index in [4.69, 9.17) is 0 Å². The highest BCUT2D eigenvalue weighted by molar-refractivity contribution is 5.88. The molecule has 0 aliphatic heterocycles. The van der Waals surface area contributed by atoms with E-state index in [1.54, 1.807) is 0 Å². The fraction of sp³-hybridized carbons (Fsp3) is 0.238. The minimum absolute atomic E-state index is 0.405. The maximum atomic E-state index is 3.44. The third kappa shape index (κ3) is 2.44. The van der Waals surface area contributed by atoms with Gasteiger partial charge in [0.15, 0.2) is 0 Å². The number of aromatic amines is 2. The van der Waals surface area contributed by atoms with Gasteiger partial charge in [0, 0.05) is 40.1 Å². The fourth-order valence-corrected chi connectivity index (χ4v) is 3.66. The third-order valence-corrected chi connectivity index (χ3v) is 4.70. The zero-order valence-corrected chi connectivity index (χ0v) is 13.6. The molecule has 4 rings (SSSR count). The summed E-state index contributed by atoms with van der Waals surface area (Å²) < 4.78 is 0. The molecule has 0 aliphatic rings. The molecule has 0 fully saturated rings. The lowest BCUT2D eigenvalue weighted by Gasteiger charge is -2.19. The van der Waals surface area contributed by atoms with Gasteiger partial charge in [-0.2, -0.15) is 0 Å². The summed E-state index contributed by atoms with van der Waals surface area (Å²) in [6, 6.07) is 17.2. The van der Waals surface area contributed by atoms with E-state index in [1.807, 2.05) is 0 Å². The van der Waals surface area contributed by atoms with E-state index in [0.29, 0.717) is 11.8 Å². The molecule has 23 heavy (non-hydrogen) atoms. The van der Waals surface area contributed by atoms with Gasteiger partial charge in [0.05, 0.1) is 0 Å². The number of para-hydroxylation sites is 2. The van der Waals surface area contributed by atoms with Crippen LogP contribution in [0.25, 0.3) is 21.8 Å². The van der Waals surface area contributed by atoms with E-state index in [-0.39, 0.29) is 0 Å². The lowest BCUT2D eigenvalue weighted by atomic mass is 9.84. The average molecular weight is 302 g/mol. The molecule has 2 aromatic heterocycles. The van der Waals surface area contributed by atoms with Gasteiger partial charge in [-0.1, -0.05) is 50.2 Å². The molecule has 2 N–H and O–H groups in total. The fourth-order valence-electron chi connectivity index (χ4n) is 3.66. The predicted octanol–water partition coefficient (Wildman–Crippen LogP) is 5.83. The third-order valence-electron chi connectivity index (χ3n) is 4.70. The van der Waals surface area contributed by atoms with Crippen molar-refractivity contribution in [3.63, 3.8) is 0 Å². The van der Waals surface area contributed by atoms with Crippen LogP contribution in [0, 0.1) is 5.92 Å². The molecule has 2 heterocycles. The molecular weight excluding hydrogens is 280 g/mol. The number of H-pyrrole nitrogens is 2. The first-order valence-electron chi connectivity index (χ1n) is 8.36. The van der Waals surface area contributed by atoms with Crippen LogP contribution >= 0.6 is 0 Å². The summed E-state index contributed by atoms with van der Waals surface area (Å²) in [5.41, 5.74) is 5.24. The van der Waals surface area contributed by atoms with Crippen molar-refractivity contribution >= 4 is 21.8 Å². The Bertz CT molecular complexity index is 868. The van der Waals surface area contributed by atoms with Gasteiger partial charge >= 0.3 is 0 Å². The number of hydrogen-bond acceptors (Lipinski definition) is 0. The van der Waals surface area contributed by atoms with E-state index >= 15 is 0 Å². The van der Waals surface area contributed by atoms with Gasteiger partial charge in [-0.25, -0.2) is 0 Å². The second-order valence-electron chi connectivity index (χ2n) is 6.76. The van der Waals surface area contributed by atoms with Gasteiger partial charge in [0.1, 0.15) is 0 Å². The zero-order chi connectivity index (χ0) is 15.8. The van der Waals surface area contributed by atoms with Crippen LogP contribution in [0.15, 0.2) is 60.9 Å². The van der Waals surface area contributed by atoms with Crippen LogP contribution in [-0.2, 0) is 0 Å². The number of aromatic nitrogens is 2. The van der Waals surface area contributed by atoms with Crippen molar-refractivity contribution in [2.24, 2.45) is 5.92 Å². The Labute approximate surface area is 136 Å². The summed E-state index contributed by atoms with van der Waals surface area (Å²) in [6.45, 7) is 4.60. The Balaban J connectivity index is 1.91. The van der Waals surface area contributed by atoms with Gasteiger partial charge < -0.3 is 9.97 Å². The van der Waals surface area contributed by atoms with Crippen molar-refractivity contribution in [1.82, 2.24) is 9.97 Å². The molecule has 0 unspecified atom stereocenters. The molecule has 4 aromatic rings. The van der Waals surface area contributed by atoms with E-state index in [0.717, 1.165) is 6.42 Å². The smallest absolute Gasteiger partial charge is 0.0457 e. The normalized spacial score (nSPS) is 12.0. The molecule has 0 spiro atoms. The summed E-state index contributed by atoms with van der Waals surface area (Å²) in [4.78, 5) is 6.88. The average Bonchev–Trinajstić information content (AvgIpc) is 3.17. The Morgan fingerprint density at radius 1 is 0.739 bits per heavy atom. The summed E-state index contributed by atoms with van der Waals surface area (Å²) in [6.07, 6.45) is 5.53. The van der Waals surface area contributed by atoms with E-state index in [2.05, 4.69) is 84.7 Å². The summed E-state index contributed by atoms with van der Waals surface area (Å²) in [5, 5.41) is 2.67. The van der Waals surface area contributed by atoms with Crippen molar-refractivity contribution in [2.45, 2.75) is 26.2 Å². The largest absolute Gasteiger partial charge is 0.361 e. The number of fused-ring (bicyclic) bond motifs is 2. The van der Waals surface area contributed by atoms with Gasteiger partial charge in [-0.15, -0.1) is 0 Å². The highest BCUT2D eigenvalue weighted by Crippen LogP contribution is 2.38.